The van der Waals surface area contributed by atoms with E-state index in [9.17, 15) is 10.5 Å². The first kappa shape index (κ1) is 26.0. The predicted molar refractivity (Wildman–Crippen MR) is 163 cm³/mol. The normalized spacial score (nSPS) is 19.2. The van der Waals surface area contributed by atoms with Crippen molar-refractivity contribution in [3.8, 4) is 12.1 Å². The Balaban J connectivity index is 1.58. The lowest BCUT2D eigenvalue weighted by Crippen LogP contribution is -2.26. The van der Waals surface area contributed by atoms with Crippen molar-refractivity contribution >= 4 is 27.2 Å². The number of nitriles is 2. The molecule has 0 fully saturated rings. The van der Waals surface area contributed by atoms with Gasteiger partial charge in [0.05, 0.1) is 18.6 Å². The number of nitrogens with zero attached hydrogens (tertiary/aromatic N) is 3. The zero-order chi connectivity index (χ0) is 27.8. The Labute approximate surface area is 231 Å². The van der Waals surface area contributed by atoms with Crippen LogP contribution >= 0.6 is 0 Å². The third-order valence-electron chi connectivity index (χ3n) is 8.56. The van der Waals surface area contributed by atoms with Crippen molar-refractivity contribution in [1.82, 2.24) is 0 Å². The maximum atomic E-state index is 9.86. The molecule has 39 heavy (non-hydrogen) atoms. The monoisotopic (exact) mass is 507 g/mol. The molecule has 0 saturated carbocycles. The van der Waals surface area contributed by atoms with Gasteiger partial charge in [0.15, 0.2) is 0 Å². The van der Waals surface area contributed by atoms with Crippen LogP contribution in [0.25, 0.3) is 21.5 Å². The first-order valence-corrected chi connectivity index (χ1v) is 13.3. The lowest BCUT2D eigenvalue weighted by atomic mass is 9.70. The van der Waals surface area contributed by atoms with E-state index < -0.39 is 10.8 Å². The van der Waals surface area contributed by atoms with E-state index in [1.54, 1.807) is 0 Å². The quantitative estimate of drug-likeness (QED) is 0.245. The van der Waals surface area contributed by atoms with Gasteiger partial charge in [-0.1, -0.05) is 92.4 Å². The van der Waals surface area contributed by atoms with Crippen LogP contribution < -0.4 is 4.90 Å². The highest BCUT2D eigenvalue weighted by atomic mass is 15.2. The number of likely N-dealkylation sites (N-methyl/N-ethyl adjacent to an activating group) is 1. The van der Waals surface area contributed by atoms with E-state index in [4.69, 9.17) is 0 Å². The molecule has 0 bridgehead atoms. The van der Waals surface area contributed by atoms with Crippen molar-refractivity contribution in [3.05, 3.63) is 126 Å². The van der Waals surface area contributed by atoms with Crippen LogP contribution in [0.5, 0.6) is 0 Å². The average Bonchev–Trinajstić information content (AvgIpc) is 3.14. The molecule has 0 spiro atoms. The summed E-state index contributed by atoms with van der Waals surface area (Å²) < 4.78 is 0. The average molecular weight is 508 g/mol. The maximum Gasteiger partial charge on any atom is 0.0635 e. The maximum absolute atomic E-state index is 9.86. The van der Waals surface area contributed by atoms with E-state index in [-0.39, 0.29) is 0 Å². The van der Waals surface area contributed by atoms with Crippen LogP contribution in [0.1, 0.15) is 43.4 Å². The SMILES string of the molecule is C=C(/C=C/C=C1/N(C)c2ccc3ccccc3c2C1(C)CC#N)C(C)(CC#N)c1c(C)ccc2ccccc12. The summed E-state index contributed by atoms with van der Waals surface area (Å²) in [6.07, 6.45) is 6.88. The Morgan fingerprint density at radius 2 is 1.59 bits per heavy atom. The zero-order valence-electron chi connectivity index (χ0n) is 23.1. The summed E-state index contributed by atoms with van der Waals surface area (Å²) in [6, 6.07) is 30.2. The van der Waals surface area contributed by atoms with E-state index in [0.717, 1.165) is 38.9 Å². The van der Waals surface area contributed by atoms with Crippen molar-refractivity contribution in [2.75, 3.05) is 11.9 Å². The van der Waals surface area contributed by atoms with Gasteiger partial charge in [-0.3, -0.25) is 0 Å². The number of aryl methyl sites for hydroxylation is 1. The van der Waals surface area contributed by atoms with Gasteiger partial charge in [0.2, 0.25) is 0 Å². The van der Waals surface area contributed by atoms with E-state index >= 15 is 0 Å². The van der Waals surface area contributed by atoms with Crippen LogP contribution in [-0.4, -0.2) is 7.05 Å². The third-order valence-corrected chi connectivity index (χ3v) is 8.56. The van der Waals surface area contributed by atoms with Crippen LogP contribution in [0.2, 0.25) is 0 Å². The fourth-order valence-corrected chi connectivity index (χ4v) is 6.45. The lowest BCUT2D eigenvalue weighted by Gasteiger charge is -2.32. The second kappa shape index (κ2) is 9.94. The highest BCUT2D eigenvalue weighted by molar-refractivity contribution is 5.95. The highest BCUT2D eigenvalue weighted by Crippen LogP contribution is 2.52. The van der Waals surface area contributed by atoms with Crippen molar-refractivity contribution in [2.45, 2.75) is 44.4 Å². The second-order valence-corrected chi connectivity index (χ2v) is 11.0. The molecule has 0 amide bonds. The van der Waals surface area contributed by atoms with Crippen LogP contribution in [0.15, 0.2) is 109 Å². The Bertz CT molecular complexity index is 1760. The minimum atomic E-state index is -0.550. The van der Waals surface area contributed by atoms with Crippen molar-refractivity contribution < 1.29 is 0 Å². The summed E-state index contributed by atoms with van der Waals surface area (Å²) in [5.41, 5.74) is 5.58. The van der Waals surface area contributed by atoms with Gasteiger partial charge >= 0.3 is 0 Å². The molecular formula is C36H33N3. The standard InChI is InChI=1S/C36H33N3/c1-25-17-18-27-12-6-8-14-29(27)33(25)35(3,21-23-37)26(2)11-10-16-32-36(4,22-24-38)34-30-15-9-7-13-28(30)19-20-31(34)39(32)5/h6-20H,2,21-22H2,1,3-5H3/b11-10+,32-16+. The molecule has 0 saturated heterocycles. The Morgan fingerprint density at radius 1 is 0.949 bits per heavy atom. The van der Waals surface area contributed by atoms with E-state index in [1.807, 2.05) is 18.2 Å². The summed E-state index contributed by atoms with van der Waals surface area (Å²) in [7, 11) is 2.07. The number of allylic oxidation sites excluding steroid dienone is 5. The summed E-state index contributed by atoms with van der Waals surface area (Å²) >= 11 is 0. The molecule has 4 aromatic carbocycles. The van der Waals surface area contributed by atoms with Gasteiger partial charge in [0.1, 0.15) is 0 Å². The van der Waals surface area contributed by atoms with Gasteiger partial charge in [-0.25, -0.2) is 0 Å². The summed E-state index contributed by atoms with van der Waals surface area (Å²) in [4.78, 5) is 2.20. The molecule has 3 nitrogen and oxygen atoms in total. The van der Waals surface area contributed by atoms with Crippen molar-refractivity contribution in [1.29, 1.82) is 10.5 Å². The molecular weight excluding hydrogens is 474 g/mol. The third kappa shape index (κ3) is 4.12. The van der Waals surface area contributed by atoms with Crippen LogP contribution in [0.3, 0.4) is 0 Å². The van der Waals surface area contributed by atoms with Gasteiger partial charge in [-0.15, -0.1) is 0 Å². The fourth-order valence-electron chi connectivity index (χ4n) is 6.45. The molecule has 2 atom stereocenters. The van der Waals surface area contributed by atoms with E-state index in [0.29, 0.717) is 12.8 Å². The minimum absolute atomic E-state index is 0.324. The van der Waals surface area contributed by atoms with E-state index in [1.165, 1.54) is 16.3 Å². The molecule has 192 valence electrons. The molecule has 0 aromatic heterocycles. The highest BCUT2D eigenvalue weighted by Gasteiger charge is 2.43. The number of hydrogen-bond donors (Lipinski definition) is 0. The van der Waals surface area contributed by atoms with Crippen molar-refractivity contribution in [2.24, 2.45) is 0 Å². The van der Waals surface area contributed by atoms with Crippen molar-refractivity contribution in [3.63, 3.8) is 0 Å². The molecule has 2 unspecified atom stereocenters. The molecule has 0 radical (unpaired) electrons. The molecule has 0 N–H and O–H groups in total. The first-order valence-electron chi connectivity index (χ1n) is 13.3. The number of benzene rings is 4. The molecule has 0 aliphatic carbocycles. The van der Waals surface area contributed by atoms with Gasteiger partial charge < -0.3 is 4.90 Å². The van der Waals surface area contributed by atoms with E-state index in [2.05, 4.69) is 124 Å². The fraction of sp³-hybridized carbons (Fsp3) is 0.222. The number of hydrogen-bond acceptors (Lipinski definition) is 3. The van der Waals surface area contributed by atoms with Gasteiger partial charge in [0.25, 0.3) is 0 Å². The molecule has 1 aliphatic rings. The van der Waals surface area contributed by atoms with Crippen LogP contribution in [0, 0.1) is 29.6 Å². The number of rotatable bonds is 6. The summed E-state index contributed by atoms with van der Waals surface area (Å²) in [5.74, 6) is 0. The largest absolute Gasteiger partial charge is 0.347 e. The smallest absolute Gasteiger partial charge is 0.0635 e. The molecule has 4 aromatic rings. The zero-order valence-corrected chi connectivity index (χ0v) is 23.1. The Morgan fingerprint density at radius 3 is 2.28 bits per heavy atom. The first-order chi connectivity index (χ1) is 18.8. The number of fused-ring (bicyclic) bond motifs is 4. The summed E-state index contributed by atoms with van der Waals surface area (Å²) in [5, 5.41) is 24.4. The molecule has 3 heteroatoms. The summed E-state index contributed by atoms with van der Waals surface area (Å²) in [6.45, 7) is 10.9. The Hall–Kier alpha value is -4.60. The number of anilines is 1. The second-order valence-electron chi connectivity index (χ2n) is 11.0. The topological polar surface area (TPSA) is 50.8 Å². The lowest BCUT2D eigenvalue weighted by molar-refractivity contribution is 0.587. The van der Waals surface area contributed by atoms with Crippen LogP contribution in [0.4, 0.5) is 5.69 Å². The van der Waals surface area contributed by atoms with Gasteiger partial charge in [-0.05, 0) is 69.8 Å². The predicted octanol–water partition coefficient (Wildman–Crippen LogP) is 8.79. The molecule has 5 rings (SSSR count). The molecule has 1 heterocycles. The minimum Gasteiger partial charge on any atom is -0.347 e. The van der Waals surface area contributed by atoms with Crippen LogP contribution in [-0.2, 0) is 10.8 Å². The molecule has 1 aliphatic heterocycles. The Kier molecular flexibility index (Phi) is 6.63. The van der Waals surface area contributed by atoms with Gasteiger partial charge in [-0.2, -0.15) is 10.5 Å². The van der Waals surface area contributed by atoms with Gasteiger partial charge in [0, 0.05) is 35.7 Å².